The first-order valence-electron chi connectivity index (χ1n) is 3.77. The highest BCUT2D eigenvalue weighted by molar-refractivity contribution is 4.88. The van der Waals surface area contributed by atoms with Gasteiger partial charge in [-0.05, 0) is 25.7 Å². The van der Waals surface area contributed by atoms with Gasteiger partial charge in [-0.3, -0.25) is 0 Å². The van der Waals surface area contributed by atoms with Crippen molar-refractivity contribution in [3.63, 3.8) is 0 Å². The molecule has 52 valence electrons. The fourth-order valence-electron chi connectivity index (χ4n) is 1.87. The summed E-state index contributed by atoms with van der Waals surface area (Å²) in [6.45, 7) is 0. The van der Waals surface area contributed by atoms with Crippen LogP contribution >= 0.6 is 0 Å². The molecule has 3 atom stereocenters. The second-order valence-corrected chi connectivity index (χ2v) is 3.13. The summed E-state index contributed by atoms with van der Waals surface area (Å²) in [4.78, 5) is 0. The lowest BCUT2D eigenvalue weighted by molar-refractivity contribution is 0.00262. The van der Waals surface area contributed by atoms with E-state index >= 15 is 0 Å². The summed E-state index contributed by atoms with van der Waals surface area (Å²) in [6, 6.07) is 0.345. The van der Waals surface area contributed by atoms with E-state index in [9.17, 15) is 0 Å². The molecule has 0 aromatic carbocycles. The van der Waals surface area contributed by atoms with Gasteiger partial charge in [-0.2, -0.15) is 0 Å². The van der Waals surface area contributed by atoms with Gasteiger partial charge >= 0.3 is 0 Å². The monoisotopic (exact) mass is 127 g/mol. The number of hydrogen-bond acceptors (Lipinski definition) is 2. The molecule has 2 rings (SSSR count). The van der Waals surface area contributed by atoms with Crippen molar-refractivity contribution in [3.8, 4) is 0 Å². The van der Waals surface area contributed by atoms with Crippen LogP contribution in [0.3, 0.4) is 0 Å². The minimum absolute atomic E-state index is 0.345. The Hall–Kier alpha value is -0.0800. The second-order valence-electron chi connectivity index (χ2n) is 3.13. The minimum atomic E-state index is 0.345. The van der Waals surface area contributed by atoms with Gasteiger partial charge in [0.15, 0.2) is 0 Å². The van der Waals surface area contributed by atoms with Crippen molar-refractivity contribution in [2.24, 2.45) is 5.73 Å². The number of fused-ring (bicyclic) bond motifs is 2. The summed E-state index contributed by atoms with van der Waals surface area (Å²) in [6.07, 6.45) is 5.78. The summed E-state index contributed by atoms with van der Waals surface area (Å²) in [5, 5.41) is 0. The van der Waals surface area contributed by atoms with E-state index in [0.29, 0.717) is 18.2 Å². The van der Waals surface area contributed by atoms with Crippen LogP contribution < -0.4 is 5.73 Å². The fraction of sp³-hybridized carbons (Fsp3) is 1.00. The van der Waals surface area contributed by atoms with Gasteiger partial charge in [-0.25, -0.2) is 0 Å². The van der Waals surface area contributed by atoms with Gasteiger partial charge in [0.05, 0.1) is 12.2 Å². The predicted octanol–water partition coefficient (Wildman–Crippen LogP) is 0.655. The first kappa shape index (κ1) is 5.69. The molecule has 2 aliphatic rings. The van der Waals surface area contributed by atoms with Gasteiger partial charge in [0.1, 0.15) is 0 Å². The van der Waals surface area contributed by atoms with Crippen LogP contribution in [-0.4, -0.2) is 18.2 Å². The molecule has 2 heterocycles. The lowest BCUT2D eigenvalue weighted by atomic mass is 10.1. The molecule has 2 aliphatic heterocycles. The SMILES string of the molecule is NC1CC2CCCC1O2. The van der Waals surface area contributed by atoms with E-state index in [4.69, 9.17) is 10.5 Å². The Labute approximate surface area is 55.4 Å². The highest BCUT2D eigenvalue weighted by Gasteiger charge is 2.35. The van der Waals surface area contributed by atoms with Crippen LogP contribution in [0.15, 0.2) is 0 Å². The molecule has 0 aliphatic carbocycles. The number of nitrogens with two attached hydrogens (primary N) is 1. The van der Waals surface area contributed by atoms with Crippen LogP contribution in [0, 0.1) is 0 Å². The molecule has 0 spiro atoms. The van der Waals surface area contributed by atoms with Crippen LogP contribution in [-0.2, 0) is 4.74 Å². The molecule has 2 N–H and O–H groups in total. The second kappa shape index (κ2) is 1.96. The molecule has 2 heteroatoms. The van der Waals surface area contributed by atoms with Crippen LogP contribution in [0.4, 0.5) is 0 Å². The Kier molecular flexibility index (Phi) is 1.24. The molecule has 3 unspecified atom stereocenters. The zero-order valence-corrected chi connectivity index (χ0v) is 5.55. The van der Waals surface area contributed by atoms with Gasteiger partial charge < -0.3 is 10.5 Å². The summed E-state index contributed by atoms with van der Waals surface area (Å²) >= 11 is 0. The molecule has 0 saturated carbocycles. The van der Waals surface area contributed by atoms with Crippen LogP contribution in [0.2, 0.25) is 0 Å². The molecular weight excluding hydrogens is 114 g/mol. The van der Waals surface area contributed by atoms with Crippen LogP contribution in [0.1, 0.15) is 25.7 Å². The number of hydrogen-bond donors (Lipinski definition) is 1. The molecule has 0 aromatic rings. The third-order valence-corrected chi connectivity index (χ3v) is 2.39. The average Bonchev–Trinajstić information content (AvgIpc) is 2.09. The standard InChI is InChI=1S/C7H13NO/c8-6-4-5-2-1-3-7(6)9-5/h5-7H,1-4,8H2. The average molecular weight is 127 g/mol. The van der Waals surface area contributed by atoms with Gasteiger partial charge in [-0.1, -0.05) is 0 Å². The van der Waals surface area contributed by atoms with Crippen LogP contribution in [0.5, 0.6) is 0 Å². The molecule has 0 aromatic heterocycles. The van der Waals surface area contributed by atoms with Gasteiger partial charge in [-0.15, -0.1) is 0 Å². The van der Waals surface area contributed by atoms with Crippen molar-refractivity contribution in [3.05, 3.63) is 0 Å². The third kappa shape index (κ3) is 0.864. The maximum absolute atomic E-state index is 5.79. The molecule has 0 amide bonds. The van der Waals surface area contributed by atoms with Crippen molar-refractivity contribution in [2.75, 3.05) is 0 Å². The Morgan fingerprint density at radius 2 is 2.22 bits per heavy atom. The van der Waals surface area contributed by atoms with E-state index < -0.39 is 0 Å². The van der Waals surface area contributed by atoms with Gasteiger partial charge in [0, 0.05) is 6.04 Å². The van der Waals surface area contributed by atoms with Crippen molar-refractivity contribution < 1.29 is 4.74 Å². The normalized spacial score (nSPS) is 49.7. The molecule has 2 fully saturated rings. The van der Waals surface area contributed by atoms with Crippen molar-refractivity contribution in [1.29, 1.82) is 0 Å². The van der Waals surface area contributed by atoms with Crippen molar-refractivity contribution >= 4 is 0 Å². The Morgan fingerprint density at radius 3 is 2.89 bits per heavy atom. The highest BCUT2D eigenvalue weighted by Crippen LogP contribution is 2.31. The minimum Gasteiger partial charge on any atom is -0.373 e. The van der Waals surface area contributed by atoms with E-state index in [2.05, 4.69) is 0 Å². The van der Waals surface area contributed by atoms with E-state index in [1.54, 1.807) is 0 Å². The zero-order chi connectivity index (χ0) is 6.27. The van der Waals surface area contributed by atoms with Gasteiger partial charge in [0.25, 0.3) is 0 Å². The topological polar surface area (TPSA) is 35.2 Å². The summed E-state index contributed by atoms with van der Waals surface area (Å²) < 4.78 is 5.58. The van der Waals surface area contributed by atoms with Gasteiger partial charge in [0.2, 0.25) is 0 Å². The smallest absolute Gasteiger partial charge is 0.0730 e. The van der Waals surface area contributed by atoms with E-state index in [1.807, 2.05) is 0 Å². The summed E-state index contributed by atoms with van der Waals surface area (Å²) in [7, 11) is 0. The third-order valence-electron chi connectivity index (χ3n) is 2.39. The fourth-order valence-corrected chi connectivity index (χ4v) is 1.87. The van der Waals surface area contributed by atoms with Crippen molar-refractivity contribution in [1.82, 2.24) is 0 Å². The van der Waals surface area contributed by atoms with E-state index in [-0.39, 0.29) is 0 Å². The molecule has 2 saturated heterocycles. The van der Waals surface area contributed by atoms with E-state index in [1.165, 1.54) is 19.3 Å². The van der Waals surface area contributed by atoms with E-state index in [0.717, 1.165) is 6.42 Å². The lowest BCUT2D eigenvalue weighted by Crippen LogP contribution is -2.30. The molecule has 2 nitrogen and oxygen atoms in total. The maximum Gasteiger partial charge on any atom is 0.0730 e. The Balaban J connectivity index is 2.07. The van der Waals surface area contributed by atoms with Crippen molar-refractivity contribution in [2.45, 2.75) is 43.9 Å². The summed E-state index contributed by atoms with van der Waals surface area (Å²) in [5.41, 5.74) is 5.79. The number of ether oxygens (including phenoxy) is 1. The quantitative estimate of drug-likeness (QED) is 0.518. The molecular formula is C7H13NO. The molecule has 0 radical (unpaired) electrons. The Morgan fingerprint density at radius 1 is 1.33 bits per heavy atom. The maximum atomic E-state index is 5.79. The zero-order valence-electron chi connectivity index (χ0n) is 5.55. The van der Waals surface area contributed by atoms with Crippen LogP contribution in [0.25, 0.3) is 0 Å². The first-order valence-corrected chi connectivity index (χ1v) is 3.77. The lowest BCUT2D eigenvalue weighted by Gasteiger charge is -2.19. The largest absolute Gasteiger partial charge is 0.373 e. The number of rotatable bonds is 0. The first-order chi connectivity index (χ1) is 4.36. The Bertz CT molecular complexity index is 113. The predicted molar refractivity (Wildman–Crippen MR) is 35.1 cm³/mol. The summed E-state index contributed by atoms with van der Waals surface area (Å²) in [5.74, 6) is 0. The highest BCUT2D eigenvalue weighted by atomic mass is 16.5. The molecule has 2 bridgehead atoms. The molecule has 9 heavy (non-hydrogen) atoms.